The van der Waals surface area contributed by atoms with E-state index in [9.17, 15) is 9.59 Å². The number of amides is 1. The predicted molar refractivity (Wildman–Crippen MR) is 137 cm³/mol. The van der Waals surface area contributed by atoms with Crippen molar-refractivity contribution in [1.29, 1.82) is 0 Å². The molecule has 7 nitrogen and oxygen atoms in total. The Morgan fingerprint density at radius 1 is 1.11 bits per heavy atom. The van der Waals surface area contributed by atoms with Gasteiger partial charge in [-0.05, 0) is 61.4 Å². The topological polar surface area (TPSA) is 93.8 Å². The molecule has 1 amide bonds. The smallest absolute Gasteiger partial charge is 0.302 e. The van der Waals surface area contributed by atoms with Crippen molar-refractivity contribution in [3.8, 4) is 0 Å². The van der Waals surface area contributed by atoms with Crippen LogP contribution in [0.3, 0.4) is 0 Å². The summed E-state index contributed by atoms with van der Waals surface area (Å²) in [6.07, 6.45) is 2.53. The van der Waals surface area contributed by atoms with Gasteiger partial charge in [0.15, 0.2) is 5.58 Å². The maximum absolute atomic E-state index is 13.4. The normalized spacial score (nSPS) is 11.5. The van der Waals surface area contributed by atoms with E-state index in [0.717, 1.165) is 10.9 Å². The Labute approximate surface area is 211 Å². The fraction of sp³-hybridized carbons (Fsp3) is 0.185. The molecule has 0 aliphatic heterocycles. The number of fused-ring (bicyclic) bond motifs is 1. The van der Waals surface area contributed by atoms with Gasteiger partial charge in [-0.1, -0.05) is 35.0 Å². The van der Waals surface area contributed by atoms with Gasteiger partial charge >= 0.3 is 5.97 Å². The van der Waals surface area contributed by atoms with Gasteiger partial charge in [-0.15, -0.1) is 0 Å². The molecule has 0 aliphatic carbocycles. The Kier molecular flexibility index (Phi) is 7.41. The van der Waals surface area contributed by atoms with Gasteiger partial charge in [-0.2, -0.15) is 0 Å². The second kappa shape index (κ2) is 10.7. The molecule has 0 saturated carbocycles. The number of aryl methyl sites for hydroxylation is 2. The molecule has 0 spiro atoms. The summed E-state index contributed by atoms with van der Waals surface area (Å²) in [5, 5.41) is 3.52. The molecule has 0 saturated heterocycles. The number of hydrogen-bond acceptors (Lipinski definition) is 6. The molecule has 0 bridgehead atoms. The number of carbonyl (C=O) groups excluding carboxylic acids is 2. The van der Waals surface area contributed by atoms with Crippen LogP contribution in [-0.4, -0.2) is 16.9 Å². The molecule has 178 valence electrons. The second-order valence-electron chi connectivity index (χ2n) is 7.95. The van der Waals surface area contributed by atoms with Gasteiger partial charge in [0.25, 0.3) is 5.91 Å². The van der Waals surface area contributed by atoms with Gasteiger partial charge in [0.05, 0.1) is 11.4 Å². The van der Waals surface area contributed by atoms with Crippen molar-refractivity contribution < 1.29 is 18.7 Å². The van der Waals surface area contributed by atoms with Crippen LogP contribution in [0.4, 0.5) is 11.4 Å². The second-order valence-corrected chi connectivity index (χ2v) is 8.87. The summed E-state index contributed by atoms with van der Waals surface area (Å²) in [6.45, 7) is 5.24. The molecule has 4 aromatic rings. The van der Waals surface area contributed by atoms with Crippen LogP contribution in [0.15, 0.2) is 74.7 Å². The summed E-state index contributed by atoms with van der Waals surface area (Å²) in [7, 11) is 0. The zero-order chi connectivity index (χ0) is 24.9. The largest absolute Gasteiger partial charge is 0.461 e. The lowest BCUT2D eigenvalue weighted by Crippen LogP contribution is -2.22. The number of halogens is 1. The molecule has 2 aromatic heterocycles. The maximum Gasteiger partial charge on any atom is 0.302 e. The summed E-state index contributed by atoms with van der Waals surface area (Å²) in [4.78, 5) is 33.8. The lowest BCUT2D eigenvalue weighted by atomic mass is 10.1. The van der Waals surface area contributed by atoms with E-state index in [-0.39, 0.29) is 23.6 Å². The number of benzene rings is 2. The molecule has 0 fully saturated rings. The van der Waals surface area contributed by atoms with Crippen molar-refractivity contribution in [2.75, 3.05) is 5.32 Å². The first-order chi connectivity index (χ1) is 16.8. The molecule has 0 radical (unpaired) electrons. The molecule has 0 unspecified atom stereocenters. The summed E-state index contributed by atoms with van der Waals surface area (Å²) < 4.78 is 12.3. The van der Waals surface area contributed by atoms with E-state index in [1.807, 2.05) is 43.3 Å². The molecule has 2 heterocycles. The third kappa shape index (κ3) is 5.84. The van der Waals surface area contributed by atoms with Crippen LogP contribution in [0.1, 0.15) is 41.0 Å². The van der Waals surface area contributed by atoms with E-state index in [4.69, 9.17) is 9.15 Å². The first-order valence-electron chi connectivity index (χ1n) is 11.1. The molecular weight excluding hydrogens is 510 g/mol. The van der Waals surface area contributed by atoms with E-state index in [2.05, 4.69) is 38.1 Å². The van der Waals surface area contributed by atoms with Crippen molar-refractivity contribution >= 4 is 50.2 Å². The summed E-state index contributed by atoms with van der Waals surface area (Å²) in [5.74, 6) is -0.791. The quantitative estimate of drug-likeness (QED) is 0.306. The highest BCUT2D eigenvalue weighted by molar-refractivity contribution is 9.10. The molecule has 4 rings (SSSR count). The number of anilines is 1. The van der Waals surface area contributed by atoms with Gasteiger partial charge < -0.3 is 14.5 Å². The molecule has 1 N–H and O–H groups in total. The van der Waals surface area contributed by atoms with Crippen LogP contribution in [-0.2, 0) is 22.6 Å². The maximum atomic E-state index is 13.4. The van der Waals surface area contributed by atoms with E-state index >= 15 is 0 Å². The van der Waals surface area contributed by atoms with E-state index < -0.39 is 5.97 Å². The fourth-order valence-corrected chi connectivity index (χ4v) is 3.75. The minimum atomic E-state index is -0.411. The Balaban J connectivity index is 1.88. The van der Waals surface area contributed by atoms with Crippen LogP contribution < -0.4 is 10.9 Å². The van der Waals surface area contributed by atoms with Crippen molar-refractivity contribution in [3.63, 3.8) is 0 Å². The highest BCUT2D eigenvalue weighted by Gasteiger charge is 2.17. The average molecular weight is 534 g/mol. The van der Waals surface area contributed by atoms with Gasteiger partial charge in [-0.25, -0.2) is 4.99 Å². The number of carbonyl (C=O) groups is 2. The number of nitrogens with one attached hydrogen (secondary N) is 1. The number of pyridine rings is 1. The van der Waals surface area contributed by atoms with Crippen LogP contribution in [0.2, 0.25) is 0 Å². The third-order valence-corrected chi connectivity index (χ3v) is 5.93. The summed E-state index contributed by atoms with van der Waals surface area (Å²) >= 11 is 3.40. The van der Waals surface area contributed by atoms with Crippen LogP contribution in [0, 0.1) is 6.92 Å². The number of hydrogen-bond donors (Lipinski definition) is 1. The minimum absolute atomic E-state index is 0.0113. The third-order valence-electron chi connectivity index (χ3n) is 5.40. The van der Waals surface area contributed by atoms with Crippen LogP contribution in [0.5, 0.6) is 0 Å². The number of ether oxygens (including phenoxy) is 1. The average Bonchev–Trinajstić information content (AvgIpc) is 2.85. The summed E-state index contributed by atoms with van der Waals surface area (Å²) in [6, 6.07) is 16.7. The Bertz CT molecular complexity index is 1460. The van der Waals surface area contributed by atoms with Gasteiger partial charge in [-0.3, -0.25) is 14.6 Å². The lowest BCUT2D eigenvalue weighted by molar-refractivity contribution is -0.142. The molecule has 0 atom stereocenters. The number of esters is 1. The molecule has 8 heteroatoms. The fourth-order valence-electron chi connectivity index (χ4n) is 3.48. The standard InChI is InChI=1S/C27H24BrN3O4/c1-4-18-5-9-22(10-6-18)31-27-24(26(33)30-21-11-7-20(28)8-12-21)13-23-19(15-34-17(3)32)14-29-16(2)25(23)35-27/h5-14H,4,15H2,1-3H3,(H,30,33). The van der Waals surface area contributed by atoms with Crippen molar-refractivity contribution in [1.82, 2.24) is 4.98 Å². The molecule has 0 aliphatic rings. The van der Waals surface area contributed by atoms with Gasteiger partial charge in [0.1, 0.15) is 12.2 Å². The Morgan fingerprint density at radius 2 is 1.83 bits per heavy atom. The minimum Gasteiger partial charge on any atom is -0.461 e. The van der Waals surface area contributed by atoms with Crippen LogP contribution >= 0.6 is 15.9 Å². The number of rotatable bonds is 6. The van der Waals surface area contributed by atoms with Crippen LogP contribution in [0.25, 0.3) is 11.0 Å². The van der Waals surface area contributed by atoms with E-state index in [1.165, 1.54) is 12.5 Å². The van der Waals surface area contributed by atoms with Crippen molar-refractivity contribution in [2.24, 2.45) is 4.99 Å². The zero-order valence-electron chi connectivity index (χ0n) is 19.6. The van der Waals surface area contributed by atoms with E-state index in [0.29, 0.717) is 33.6 Å². The lowest BCUT2D eigenvalue weighted by Gasteiger charge is -2.11. The predicted octanol–water partition coefficient (Wildman–Crippen LogP) is 6.01. The van der Waals surface area contributed by atoms with E-state index in [1.54, 1.807) is 24.4 Å². The Morgan fingerprint density at radius 3 is 2.49 bits per heavy atom. The monoisotopic (exact) mass is 533 g/mol. The zero-order valence-corrected chi connectivity index (χ0v) is 21.2. The van der Waals surface area contributed by atoms with Gasteiger partial charge in [0.2, 0.25) is 5.55 Å². The first kappa shape index (κ1) is 24.3. The summed E-state index contributed by atoms with van der Waals surface area (Å²) in [5.41, 5.74) is 4.60. The number of nitrogens with zero attached hydrogens (tertiary/aromatic N) is 2. The molecule has 35 heavy (non-hydrogen) atoms. The Hall–Kier alpha value is -3.78. The molecule has 2 aromatic carbocycles. The number of aromatic nitrogens is 1. The van der Waals surface area contributed by atoms with Crippen molar-refractivity contribution in [2.45, 2.75) is 33.8 Å². The van der Waals surface area contributed by atoms with Gasteiger partial charge in [0, 0.05) is 34.2 Å². The molecular formula is C27H24BrN3O4. The van der Waals surface area contributed by atoms with Crippen molar-refractivity contribution in [3.05, 3.63) is 93.2 Å². The first-order valence-corrected chi connectivity index (χ1v) is 11.9. The highest BCUT2D eigenvalue weighted by Crippen LogP contribution is 2.23. The SMILES string of the molecule is CCc1ccc(N=c2oc3c(C)ncc(COC(C)=O)c3cc2C(=O)Nc2ccc(Br)cc2)cc1. The highest BCUT2D eigenvalue weighted by atomic mass is 79.9.